The minimum atomic E-state index is -1.08. The van der Waals surface area contributed by atoms with Gasteiger partial charge in [0.25, 0.3) is 11.8 Å². The topological polar surface area (TPSA) is 49.9 Å². The van der Waals surface area contributed by atoms with Gasteiger partial charge in [0.1, 0.15) is 11.6 Å². The summed E-state index contributed by atoms with van der Waals surface area (Å²) < 4.78 is 45.6. The largest absolute Gasteiger partial charge is 0.480 e. The Morgan fingerprint density at radius 2 is 1.62 bits per heavy atom. The summed E-state index contributed by atoms with van der Waals surface area (Å²) in [7, 11) is 0. The lowest BCUT2D eigenvalue weighted by atomic mass is 10.1. The van der Waals surface area contributed by atoms with Crippen molar-refractivity contribution in [3.63, 3.8) is 0 Å². The van der Waals surface area contributed by atoms with Crippen molar-refractivity contribution in [1.82, 2.24) is 9.80 Å². The lowest BCUT2D eigenvalue weighted by Crippen LogP contribution is -2.53. The lowest BCUT2D eigenvalue weighted by molar-refractivity contribution is -0.139. The van der Waals surface area contributed by atoms with Gasteiger partial charge in [-0.3, -0.25) is 9.59 Å². The molecule has 5 nitrogen and oxygen atoms in total. The molecule has 2 aromatic carbocycles. The number of nitrogens with zero attached hydrogens (tertiary/aromatic N) is 2. The van der Waals surface area contributed by atoms with Crippen LogP contribution in [0.3, 0.4) is 0 Å². The summed E-state index contributed by atoms with van der Waals surface area (Å²) in [6.45, 7) is 2.68. The fourth-order valence-electron chi connectivity index (χ4n) is 3.01. The molecular weight excluding hydrogens is 453 g/mol. The molecule has 0 N–H and O–H groups in total. The second-order valence-electron chi connectivity index (χ2n) is 6.58. The molecule has 0 bridgehead atoms. The van der Waals surface area contributed by atoms with Crippen molar-refractivity contribution in [1.29, 1.82) is 0 Å². The Kier molecular flexibility index (Phi) is 6.46. The van der Waals surface area contributed by atoms with Crippen LogP contribution in [-0.2, 0) is 4.79 Å². The maximum absolute atomic E-state index is 13.4. The number of hydrogen-bond acceptors (Lipinski definition) is 3. The van der Waals surface area contributed by atoms with Gasteiger partial charge in [-0.15, -0.1) is 0 Å². The number of halogens is 4. The highest BCUT2D eigenvalue weighted by Crippen LogP contribution is 2.26. The Balaban J connectivity index is 1.57. The first-order chi connectivity index (χ1) is 13.8. The van der Waals surface area contributed by atoms with Gasteiger partial charge in [-0.2, -0.15) is 0 Å². The molecule has 9 heteroatoms. The van der Waals surface area contributed by atoms with Gasteiger partial charge >= 0.3 is 0 Å². The maximum atomic E-state index is 13.4. The van der Waals surface area contributed by atoms with Gasteiger partial charge in [0.2, 0.25) is 0 Å². The zero-order valence-electron chi connectivity index (χ0n) is 15.5. The molecule has 2 amide bonds. The number of piperazine rings is 1. The highest BCUT2D eigenvalue weighted by molar-refractivity contribution is 9.10. The molecule has 2 aromatic rings. The number of carbonyl (C=O) groups excluding carboxylic acids is 2. The molecule has 0 radical (unpaired) electrons. The van der Waals surface area contributed by atoms with E-state index in [0.717, 1.165) is 12.1 Å². The number of rotatable bonds is 4. The van der Waals surface area contributed by atoms with E-state index in [1.165, 1.54) is 29.2 Å². The Labute approximate surface area is 174 Å². The number of benzene rings is 2. The first-order valence-corrected chi connectivity index (χ1v) is 9.70. The third-order valence-corrected chi connectivity index (χ3v) is 5.21. The molecular formula is C20H18BrF3N2O3. The van der Waals surface area contributed by atoms with E-state index in [4.69, 9.17) is 4.74 Å². The van der Waals surface area contributed by atoms with E-state index in [1.54, 1.807) is 11.8 Å². The van der Waals surface area contributed by atoms with Crippen LogP contribution < -0.4 is 4.74 Å². The summed E-state index contributed by atoms with van der Waals surface area (Å²) in [4.78, 5) is 28.1. The van der Waals surface area contributed by atoms with E-state index in [1.807, 2.05) is 0 Å². The van der Waals surface area contributed by atoms with E-state index in [2.05, 4.69) is 15.9 Å². The molecule has 3 rings (SSSR count). The molecule has 1 atom stereocenters. The predicted molar refractivity (Wildman–Crippen MR) is 103 cm³/mol. The van der Waals surface area contributed by atoms with Crippen molar-refractivity contribution in [2.75, 3.05) is 26.2 Å². The summed E-state index contributed by atoms with van der Waals surface area (Å²) in [6.07, 6.45) is -0.801. The molecule has 1 unspecified atom stereocenters. The van der Waals surface area contributed by atoms with Crippen LogP contribution in [0.1, 0.15) is 17.3 Å². The third-order valence-electron chi connectivity index (χ3n) is 4.59. The van der Waals surface area contributed by atoms with Crippen LogP contribution in [0.15, 0.2) is 40.9 Å². The summed E-state index contributed by atoms with van der Waals surface area (Å²) in [5.74, 6) is -2.86. The smallest absolute Gasteiger partial charge is 0.263 e. The third kappa shape index (κ3) is 4.90. The summed E-state index contributed by atoms with van der Waals surface area (Å²) in [6, 6.07) is 6.92. The highest BCUT2D eigenvalue weighted by atomic mass is 79.9. The zero-order valence-corrected chi connectivity index (χ0v) is 17.1. The number of ether oxygens (including phenoxy) is 1. The minimum Gasteiger partial charge on any atom is -0.480 e. The van der Waals surface area contributed by atoms with E-state index in [0.29, 0.717) is 10.2 Å². The van der Waals surface area contributed by atoms with Gasteiger partial charge in [-0.25, -0.2) is 13.2 Å². The second kappa shape index (κ2) is 8.86. The molecule has 0 aliphatic carbocycles. The van der Waals surface area contributed by atoms with Gasteiger partial charge in [-0.1, -0.05) is 0 Å². The molecule has 1 fully saturated rings. The normalized spacial score (nSPS) is 15.2. The zero-order chi connectivity index (χ0) is 21.1. The summed E-state index contributed by atoms with van der Waals surface area (Å²) in [5.41, 5.74) is 0.0570. The minimum absolute atomic E-state index is 0.0570. The first kappa shape index (κ1) is 21.2. The fourth-order valence-corrected chi connectivity index (χ4v) is 3.45. The van der Waals surface area contributed by atoms with Crippen LogP contribution in [0.5, 0.6) is 5.75 Å². The predicted octanol–water partition coefficient (Wildman–Crippen LogP) is 3.62. The molecule has 1 saturated heterocycles. The second-order valence-corrected chi connectivity index (χ2v) is 7.44. The Morgan fingerprint density at radius 3 is 2.24 bits per heavy atom. The quantitative estimate of drug-likeness (QED) is 0.685. The Morgan fingerprint density at radius 1 is 0.966 bits per heavy atom. The van der Waals surface area contributed by atoms with Crippen LogP contribution in [0.25, 0.3) is 0 Å². The maximum Gasteiger partial charge on any atom is 0.263 e. The Hall–Kier alpha value is -2.55. The van der Waals surface area contributed by atoms with Gasteiger partial charge in [0, 0.05) is 31.7 Å². The Bertz CT molecular complexity index is 933. The molecule has 29 heavy (non-hydrogen) atoms. The van der Waals surface area contributed by atoms with Gasteiger partial charge < -0.3 is 14.5 Å². The van der Waals surface area contributed by atoms with Crippen LogP contribution in [0.2, 0.25) is 0 Å². The van der Waals surface area contributed by atoms with Crippen LogP contribution in [0, 0.1) is 17.5 Å². The van der Waals surface area contributed by atoms with Crippen molar-refractivity contribution < 1.29 is 27.5 Å². The van der Waals surface area contributed by atoms with E-state index < -0.39 is 29.5 Å². The van der Waals surface area contributed by atoms with Crippen LogP contribution in [-0.4, -0.2) is 53.9 Å². The van der Waals surface area contributed by atoms with Crippen molar-refractivity contribution in [2.24, 2.45) is 0 Å². The molecule has 0 aromatic heterocycles. The highest BCUT2D eigenvalue weighted by Gasteiger charge is 2.28. The molecule has 1 heterocycles. The monoisotopic (exact) mass is 470 g/mol. The molecule has 0 spiro atoms. The van der Waals surface area contributed by atoms with E-state index in [9.17, 15) is 22.8 Å². The van der Waals surface area contributed by atoms with Crippen molar-refractivity contribution in [2.45, 2.75) is 13.0 Å². The van der Waals surface area contributed by atoms with Crippen LogP contribution in [0.4, 0.5) is 13.2 Å². The average Bonchev–Trinajstić information content (AvgIpc) is 2.71. The van der Waals surface area contributed by atoms with Gasteiger partial charge in [0.15, 0.2) is 17.7 Å². The van der Waals surface area contributed by atoms with Crippen molar-refractivity contribution >= 4 is 27.7 Å². The van der Waals surface area contributed by atoms with Gasteiger partial charge in [-0.05, 0) is 59.3 Å². The average molecular weight is 471 g/mol. The molecule has 0 saturated carbocycles. The molecule has 1 aliphatic heterocycles. The standard InChI is InChI=1S/C20H18BrF3N2O3/c1-12(29-18-5-3-14(22)11-15(18)21)19(27)25-6-8-26(9-7-25)20(28)13-2-4-16(23)17(24)10-13/h2-5,10-12H,6-9H2,1H3. The number of amides is 2. The molecule has 154 valence electrons. The molecule has 1 aliphatic rings. The lowest BCUT2D eigenvalue weighted by Gasteiger charge is -2.36. The number of carbonyl (C=O) groups is 2. The fraction of sp³-hybridized carbons (Fsp3) is 0.300. The van der Waals surface area contributed by atoms with Crippen molar-refractivity contribution in [3.8, 4) is 5.75 Å². The van der Waals surface area contributed by atoms with Crippen LogP contribution >= 0.6 is 15.9 Å². The van der Waals surface area contributed by atoms with E-state index in [-0.39, 0.29) is 37.6 Å². The summed E-state index contributed by atoms with van der Waals surface area (Å²) >= 11 is 3.19. The first-order valence-electron chi connectivity index (χ1n) is 8.91. The van der Waals surface area contributed by atoms with Gasteiger partial charge in [0.05, 0.1) is 4.47 Å². The van der Waals surface area contributed by atoms with Crippen molar-refractivity contribution in [3.05, 3.63) is 63.9 Å². The summed E-state index contributed by atoms with van der Waals surface area (Å²) in [5, 5.41) is 0. The number of hydrogen-bond donors (Lipinski definition) is 0. The van der Waals surface area contributed by atoms with E-state index >= 15 is 0 Å². The SMILES string of the molecule is CC(Oc1ccc(F)cc1Br)C(=O)N1CCN(C(=O)c2ccc(F)c(F)c2)CC1.